The van der Waals surface area contributed by atoms with Crippen molar-refractivity contribution >= 4 is 0 Å². The van der Waals surface area contributed by atoms with Crippen LogP contribution < -0.4 is 0 Å². The molecular formula is C17H24N2O. The van der Waals surface area contributed by atoms with Crippen LogP contribution in [0.3, 0.4) is 0 Å². The van der Waals surface area contributed by atoms with Crippen molar-refractivity contribution < 1.29 is 4.42 Å². The molecule has 3 heteroatoms. The van der Waals surface area contributed by atoms with Crippen LogP contribution in [0.4, 0.5) is 0 Å². The van der Waals surface area contributed by atoms with Crippen LogP contribution in [0.5, 0.6) is 0 Å². The fourth-order valence-electron chi connectivity index (χ4n) is 1.88. The maximum atomic E-state index is 5.83. The smallest absolute Gasteiger partial charge is 0.247 e. The number of aromatic nitrogens is 2. The zero-order valence-electron chi connectivity index (χ0n) is 13.3. The molecule has 0 saturated carbocycles. The summed E-state index contributed by atoms with van der Waals surface area (Å²) in [6, 6.07) is 8.36. The SMILES string of the molecule is CCC(C)(C)c1nnc(-c2ccc(C(C)(C)C)cc2)o1. The van der Waals surface area contributed by atoms with E-state index in [-0.39, 0.29) is 10.8 Å². The topological polar surface area (TPSA) is 38.9 Å². The molecule has 0 saturated heterocycles. The van der Waals surface area contributed by atoms with Gasteiger partial charge in [-0.15, -0.1) is 10.2 Å². The van der Waals surface area contributed by atoms with E-state index in [9.17, 15) is 0 Å². The van der Waals surface area contributed by atoms with Crippen LogP contribution >= 0.6 is 0 Å². The summed E-state index contributed by atoms with van der Waals surface area (Å²) >= 11 is 0. The van der Waals surface area contributed by atoms with E-state index in [0.717, 1.165) is 12.0 Å². The second-order valence-electron chi connectivity index (χ2n) is 6.98. The lowest BCUT2D eigenvalue weighted by Gasteiger charge is -2.18. The van der Waals surface area contributed by atoms with E-state index in [1.807, 2.05) is 0 Å². The van der Waals surface area contributed by atoms with Gasteiger partial charge in [0.05, 0.1) is 0 Å². The molecule has 2 aromatic rings. The molecule has 0 radical (unpaired) electrons. The van der Waals surface area contributed by atoms with Crippen LogP contribution in [-0.4, -0.2) is 10.2 Å². The van der Waals surface area contributed by atoms with Gasteiger partial charge in [-0.05, 0) is 29.5 Å². The highest BCUT2D eigenvalue weighted by Gasteiger charge is 2.25. The summed E-state index contributed by atoms with van der Waals surface area (Å²) < 4.78 is 5.83. The van der Waals surface area contributed by atoms with Crippen molar-refractivity contribution in [1.82, 2.24) is 10.2 Å². The Morgan fingerprint density at radius 1 is 0.950 bits per heavy atom. The Bertz CT molecular complexity index is 574. The molecule has 108 valence electrons. The molecule has 0 fully saturated rings. The molecule has 1 heterocycles. The normalized spacial score (nSPS) is 12.7. The number of hydrogen-bond acceptors (Lipinski definition) is 3. The van der Waals surface area contributed by atoms with E-state index in [4.69, 9.17) is 4.42 Å². The maximum absolute atomic E-state index is 5.83. The monoisotopic (exact) mass is 272 g/mol. The summed E-state index contributed by atoms with van der Waals surface area (Å²) in [7, 11) is 0. The van der Waals surface area contributed by atoms with Crippen LogP contribution in [0.1, 0.15) is 59.4 Å². The van der Waals surface area contributed by atoms with E-state index in [0.29, 0.717) is 11.8 Å². The third-order valence-corrected chi connectivity index (χ3v) is 3.89. The first-order valence-corrected chi connectivity index (χ1v) is 7.19. The summed E-state index contributed by atoms with van der Waals surface area (Å²) in [6.07, 6.45) is 0.970. The molecule has 1 aromatic heterocycles. The summed E-state index contributed by atoms with van der Waals surface area (Å²) in [6.45, 7) is 13.0. The first kappa shape index (κ1) is 14.8. The Labute approximate surface area is 121 Å². The molecule has 0 aliphatic heterocycles. The van der Waals surface area contributed by atoms with Crippen molar-refractivity contribution in [3.05, 3.63) is 35.7 Å². The van der Waals surface area contributed by atoms with Gasteiger partial charge in [0.15, 0.2) is 0 Å². The van der Waals surface area contributed by atoms with Gasteiger partial charge in [0.25, 0.3) is 0 Å². The number of hydrogen-bond donors (Lipinski definition) is 0. The van der Waals surface area contributed by atoms with Gasteiger partial charge >= 0.3 is 0 Å². The molecule has 3 nitrogen and oxygen atoms in total. The molecular weight excluding hydrogens is 248 g/mol. The minimum Gasteiger partial charge on any atom is -0.420 e. The van der Waals surface area contributed by atoms with E-state index < -0.39 is 0 Å². The van der Waals surface area contributed by atoms with E-state index in [2.05, 4.69) is 76.0 Å². The fraction of sp³-hybridized carbons (Fsp3) is 0.529. The number of benzene rings is 1. The Balaban J connectivity index is 2.29. The second kappa shape index (κ2) is 5.04. The highest BCUT2D eigenvalue weighted by atomic mass is 16.4. The van der Waals surface area contributed by atoms with E-state index in [1.165, 1.54) is 5.56 Å². The predicted octanol–water partition coefficient (Wildman–Crippen LogP) is 4.72. The van der Waals surface area contributed by atoms with Crippen LogP contribution in [0.25, 0.3) is 11.5 Å². The van der Waals surface area contributed by atoms with Crippen molar-refractivity contribution in [3.8, 4) is 11.5 Å². The van der Waals surface area contributed by atoms with Gasteiger partial charge in [-0.1, -0.05) is 53.7 Å². The zero-order chi connectivity index (χ0) is 15.0. The van der Waals surface area contributed by atoms with Crippen molar-refractivity contribution in [3.63, 3.8) is 0 Å². The summed E-state index contributed by atoms with van der Waals surface area (Å²) in [5, 5.41) is 8.37. The van der Waals surface area contributed by atoms with Gasteiger partial charge in [-0.25, -0.2) is 0 Å². The fourth-order valence-corrected chi connectivity index (χ4v) is 1.88. The van der Waals surface area contributed by atoms with Gasteiger partial charge in [-0.3, -0.25) is 0 Å². The minimum absolute atomic E-state index is 0.0728. The van der Waals surface area contributed by atoms with Crippen molar-refractivity contribution in [1.29, 1.82) is 0 Å². The second-order valence-corrected chi connectivity index (χ2v) is 6.98. The quantitative estimate of drug-likeness (QED) is 0.811. The molecule has 0 aliphatic carbocycles. The summed E-state index contributed by atoms with van der Waals surface area (Å²) in [4.78, 5) is 0. The van der Waals surface area contributed by atoms with Crippen molar-refractivity contribution in [2.24, 2.45) is 0 Å². The Kier molecular flexibility index (Phi) is 3.72. The average molecular weight is 272 g/mol. The van der Waals surface area contributed by atoms with Gasteiger partial charge in [0, 0.05) is 11.0 Å². The van der Waals surface area contributed by atoms with Crippen LogP contribution in [0.2, 0.25) is 0 Å². The molecule has 0 N–H and O–H groups in total. The number of rotatable bonds is 3. The van der Waals surface area contributed by atoms with Gasteiger partial charge in [0.1, 0.15) is 0 Å². The molecule has 0 unspecified atom stereocenters. The third kappa shape index (κ3) is 2.92. The Morgan fingerprint density at radius 3 is 2.05 bits per heavy atom. The molecule has 0 spiro atoms. The largest absolute Gasteiger partial charge is 0.420 e. The lowest BCUT2D eigenvalue weighted by Crippen LogP contribution is -2.15. The first-order valence-electron chi connectivity index (χ1n) is 7.19. The highest BCUT2D eigenvalue weighted by Crippen LogP contribution is 2.29. The van der Waals surface area contributed by atoms with Crippen molar-refractivity contribution in [2.75, 3.05) is 0 Å². The number of nitrogens with zero attached hydrogens (tertiary/aromatic N) is 2. The predicted molar refractivity (Wildman–Crippen MR) is 81.8 cm³/mol. The van der Waals surface area contributed by atoms with Gasteiger partial charge < -0.3 is 4.42 Å². The van der Waals surface area contributed by atoms with Gasteiger partial charge in [0.2, 0.25) is 11.8 Å². The molecule has 2 rings (SSSR count). The minimum atomic E-state index is -0.0728. The van der Waals surface area contributed by atoms with E-state index in [1.54, 1.807) is 0 Å². The highest BCUT2D eigenvalue weighted by molar-refractivity contribution is 5.53. The Hall–Kier alpha value is -1.64. The summed E-state index contributed by atoms with van der Waals surface area (Å²) in [5.74, 6) is 1.30. The van der Waals surface area contributed by atoms with Crippen LogP contribution in [0, 0.1) is 0 Å². The maximum Gasteiger partial charge on any atom is 0.247 e. The molecule has 1 aromatic carbocycles. The van der Waals surface area contributed by atoms with Gasteiger partial charge in [-0.2, -0.15) is 0 Å². The standard InChI is InChI=1S/C17H24N2O/c1-7-17(5,6)15-19-18-14(20-15)12-8-10-13(11-9-12)16(2,3)4/h8-11H,7H2,1-6H3. The molecule has 0 bridgehead atoms. The lowest BCUT2D eigenvalue weighted by molar-refractivity contribution is 0.365. The lowest BCUT2D eigenvalue weighted by atomic mass is 9.87. The first-order chi connectivity index (χ1) is 9.24. The van der Waals surface area contributed by atoms with Crippen LogP contribution in [-0.2, 0) is 10.8 Å². The third-order valence-electron chi connectivity index (χ3n) is 3.89. The molecule has 0 amide bonds. The Morgan fingerprint density at radius 2 is 1.55 bits per heavy atom. The van der Waals surface area contributed by atoms with Crippen molar-refractivity contribution in [2.45, 2.75) is 58.8 Å². The molecule has 20 heavy (non-hydrogen) atoms. The molecule has 0 atom stereocenters. The summed E-state index contributed by atoms with van der Waals surface area (Å²) in [5.41, 5.74) is 2.36. The zero-order valence-corrected chi connectivity index (χ0v) is 13.3. The average Bonchev–Trinajstić information content (AvgIpc) is 2.88. The van der Waals surface area contributed by atoms with E-state index >= 15 is 0 Å². The van der Waals surface area contributed by atoms with Crippen LogP contribution in [0.15, 0.2) is 28.7 Å². The molecule has 0 aliphatic rings.